The summed E-state index contributed by atoms with van der Waals surface area (Å²) < 4.78 is 87.6. The summed E-state index contributed by atoms with van der Waals surface area (Å²) in [6.07, 6.45) is 3.90. The third-order valence-corrected chi connectivity index (χ3v) is 13.7. The molecule has 22 heteroatoms. The fourth-order valence-electron chi connectivity index (χ4n) is 9.67. The van der Waals surface area contributed by atoms with Crippen molar-refractivity contribution in [1.29, 1.82) is 0 Å². The summed E-state index contributed by atoms with van der Waals surface area (Å²) in [6, 6.07) is 25.5. The van der Waals surface area contributed by atoms with Gasteiger partial charge in [0, 0.05) is 91.5 Å². The third-order valence-electron chi connectivity index (χ3n) is 13.7. The highest BCUT2D eigenvalue weighted by atomic mass is 19.4. The Morgan fingerprint density at radius 2 is 1.46 bits per heavy atom. The zero-order chi connectivity index (χ0) is 60.0. The number of amides is 3. The number of aryl methyl sites for hydroxylation is 2. The number of alkyl carbamates (subject to hydrolysis) is 1. The van der Waals surface area contributed by atoms with Gasteiger partial charge in [-0.2, -0.15) is 30.9 Å². The molecule has 0 aliphatic carbocycles. The van der Waals surface area contributed by atoms with Crippen LogP contribution < -0.4 is 30.7 Å². The first-order chi connectivity index (χ1) is 38.5. The van der Waals surface area contributed by atoms with E-state index in [0.29, 0.717) is 45.3 Å². The Kier molecular flexibility index (Phi) is 20.9. The monoisotopic (exact) mass is 1140 g/mol. The van der Waals surface area contributed by atoms with Crippen LogP contribution >= 0.6 is 0 Å². The highest BCUT2D eigenvalue weighted by molar-refractivity contribution is 6.03. The number of hydrogen-bond donors (Lipinski definition) is 3. The van der Waals surface area contributed by atoms with Crippen LogP contribution in [0.4, 0.5) is 42.5 Å². The molecule has 2 aliphatic rings. The van der Waals surface area contributed by atoms with E-state index in [1.54, 1.807) is 37.6 Å². The predicted octanol–water partition coefficient (Wildman–Crippen LogP) is 10.6. The zero-order valence-electron chi connectivity index (χ0n) is 47.4. The highest BCUT2D eigenvalue weighted by Gasteiger charge is 2.43. The van der Waals surface area contributed by atoms with E-state index in [4.69, 9.17) is 19.4 Å². The third kappa shape index (κ3) is 17.5. The molecule has 0 radical (unpaired) electrons. The quantitative estimate of drug-likeness (QED) is 0.0339. The average Bonchev–Trinajstić information content (AvgIpc) is 4.25. The average molecular weight is 1140 g/mol. The van der Waals surface area contributed by atoms with Gasteiger partial charge in [0.15, 0.2) is 5.71 Å². The van der Waals surface area contributed by atoms with Gasteiger partial charge in [0.25, 0.3) is 5.91 Å². The number of allylic oxidation sites excluding steroid dienone is 4. The van der Waals surface area contributed by atoms with Crippen LogP contribution in [-0.2, 0) is 50.8 Å². The molecular formula is C60H71F6N9O7. The van der Waals surface area contributed by atoms with Gasteiger partial charge in [-0.05, 0) is 121 Å². The first-order valence-corrected chi connectivity index (χ1v) is 27.1. The second kappa shape index (κ2) is 27.2. The minimum Gasteiger partial charge on any atom is -0.542 e. The number of rotatable bonds is 22. The van der Waals surface area contributed by atoms with Gasteiger partial charge in [0.2, 0.25) is 17.5 Å². The standard InChI is InChI=1S/C58H70F3N9O5.C2HF3O2/c1-55(2,3)75-54(73)64-38-40-35-48(58(59,60)61)65-52(36-40)74-43-23-18-21-41(37-43)53(72)63-31-16-15-22-42-39-69(67-66-42)33-20-32-62-51(71)30-10-9-17-34-70-47-27-14-12-25-45(47)57(6,7)50(70)29-19-28-49-56(4,5)44-24-11-13-26-46(44)68(49)8;3-2(4,5)1(6)7/h11-14,18-19,21,23-29,35-37,39H,9-10,15-17,20,22,30-34,38H2,1-8H3,(H2-,62,63,64,71,72,73);(H,6,7). The van der Waals surface area contributed by atoms with Crippen LogP contribution in [0, 0.1) is 0 Å². The van der Waals surface area contributed by atoms with E-state index < -0.39 is 35.7 Å². The number of carboxylic acid groups (broad SMARTS) is 1. The van der Waals surface area contributed by atoms with Crippen molar-refractivity contribution >= 4 is 41.0 Å². The number of hydrogen-bond acceptors (Lipinski definition) is 11. The summed E-state index contributed by atoms with van der Waals surface area (Å²) in [7, 11) is 2.15. The first-order valence-electron chi connectivity index (χ1n) is 27.1. The molecule has 0 atom stereocenters. The Morgan fingerprint density at radius 3 is 2.16 bits per heavy atom. The zero-order valence-corrected chi connectivity index (χ0v) is 47.4. The van der Waals surface area contributed by atoms with Crippen molar-refractivity contribution in [3.05, 3.63) is 149 Å². The van der Waals surface area contributed by atoms with E-state index in [9.17, 15) is 40.7 Å². The van der Waals surface area contributed by atoms with Gasteiger partial charge in [-0.1, -0.05) is 74.0 Å². The molecule has 16 nitrogen and oxygen atoms in total. The predicted molar refractivity (Wildman–Crippen MR) is 296 cm³/mol. The number of aliphatic carboxylic acids is 1. The molecule has 2 aromatic heterocycles. The molecule has 0 spiro atoms. The molecule has 82 heavy (non-hydrogen) atoms. The van der Waals surface area contributed by atoms with Crippen LogP contribution in [0.15, 0.2) is 115 Å². The summed E-state index contributed by atoms with van der Waals surface area (Å²) in [6.45, 7) is 16.3. The van der Waals surface area contributed by atoms with Crippen molar-refractivity contribution in [3.8, 4) is 11.6 Å². The lowest BCUT2D eigenvalue weighted by atomic mass is 9.81. The molecular weight excluding hydrogens is 1070 g/mol. The van der Waals surface area contributed by atoms with Gasteiger partial charge in [0.1, 0.15) is 30.1 Å². The minimum absolute atomic E-state index is 0.0500. The molecule has 0 fully saturated rings. The Hall–Kier alpha value is -8.04. The van der Waals surface area contributed by atoms with Crippen LogP contribution in [0.3, 0.4) is 0 Å². The molecule has 0 saturated carbocycles. The molecule has 2 aliphatic heterocycles. The van der Waals surface area contributed by atoms with Crippen LogP contribution in [0.2, 0.25) is 0 Å². The maximum Gasteiger partial charge on any atom is 0.433 e. The first kappa shape index (κ1) is 63.1. The van der Waals surface area contributed by atoms with Crippen molar-refractivity contribution in [2.24, 2.45) is 0 Å². The number of alkyl halides is 6. The maximum atomic E-state index is 13.7. The Balaban J connectivity index is 0.00000145. The summed E-state index contributed by atoms with van der Waals surface area (Å²) in [5.41, 5.74) is 6.66. The second-order valence-corrected chi connectivity index (χ2v) is 22.0. The number of para-hydroxylation sites is 2. The van der Waals surface area contributed by atoms with E-state index in [0.717, 1.165) is 44.0 Å². The maximum absolute atomic E-state index is 13.7. The van der Waals surface area contributed by atoms with Crippen molar-refractivity contribution in [3.63, 3.8) is 0 Å². The number of fused-ring (bicyclic) bond motifs is 2. The lowest BCUT2D eigenvalue weighted by Crippen LogP contribution is -2.37. The van der Waals surface area contributed by atoms with Crippen molar-refractivity contribution in [1.82, 2.24) is 35.9 Å². The molecule has 4 heterocycles. The van der Waals surface area contributed by atoms with Gasteiger partial charge in [0.05, 0.1) is 11.1 Å². The summed E-state index contributed by atoms with van der Waals surface area (Å²) in [5.74, 6) is -3.58. The Bertz CT molecular complexity index is 3160. The van der Waals surface area contributed by atoms with Crippen molar-refractivity contribution < 1.29 is 64.7 Å². The molecule has 3 N–H and O–H groups in total. The minimum atomic E-state index is -5.19. The summed E-state index contributed by atoms with van der Waals surface area (Å²) in [5, 5.41) is 25.7. The lowest BCUT2D eigenvalue weighted by molar-refractivity contribution is -0.401. The van der Waals surface area contributed by atoms with Crippen LogP contribution in [0.1, 0.15) is 132 Å². The van der Waals surface area contributed by atoms with E-state index in [2.05, 4.69) is 142 Å². The SMILES string of the molecule is C[N+]1=C(/C=C/C=C2\N(CCCCCC(=O)NCCCn3cc(CCCCNC(=O)c4cccc(Oc5cc(CNC(=O)OC(C)(C)C)cc(C(F)(F)F)n5)c4)nn3)c3ccccc3C2(C)C)C(C)(C)c2ccccc21.O=C([O-])C(F)(F)F. The molecule has 0 bridgehead atoms. The number of carbonyl (C=O) groups excluding carboxylic acids is 4. The number of pyridine rings is 1. The Labute approximate surface area is 473 Å². The molecule has 7 rings (SSSR count). The number of nitrogens with zero attached hydrogens (tertiary/aromatic N) is 6. The normalized spacial score (nSPS) is 15.0. The summed E-state index contributed by atoms with van der Waals surface area (Å²) >= 11 is 0. The topological polar surface area (TPSA) is 196 Å². The molecule has 3 amide bonds. The number of anilines is 1. The number of ether oxygens (including phenoxy) is 2. The summed E-state index contributed by atoms with van der Waals surface area (Å²) in [4.78, 5) is 52.7. The lowest BCUT2D eigenvalue weighted by Gasteiger charge is -2.27. The number of unbranched alkanes of at least 4 members (excludes halogenated alkanes) is 3. The van der Waals surface area contributed by atoms with Crippen LogP contribution in [0.5, 0.6) is 11.6 Å². The number of halogens is 6. The largest absolute Gasteiger partial charge is 0.542 e. The number of aromatic nitrogens is 4. The second-order valence-electron chi connectivity index (χ2n) is 22.0. The van der Waals surface area contributed by atoms with Crippen LogP contribution in [0.25, 0.3) is 0 Å². The van der Waals surface area contributed by atoms with E-state index in [1.807, 2.05) is 6.20 Å². The van der Waals surface area contributed by atoms with Gasteiger partial charge < -0.3 is 40.2 Å². The smallest absolute Gasteiger partial charge is 0.433 e. The van der Waals surface area contributed by atoms with E-state index in [1.165, 1.54) is 52.1 Å². The van der Waals surface area contributed by atoms with Gasteiger partial charge in [-0.25, -0.2) is 9.78 Å². The number of benzene rings is 3. The fraction of sp³-hybridized carbons (Fsp3) is 0.433. The van der Waals surface area contributed by atoms with E-state index in [-0.39, 0.29) is 51.9 Å². The van der Waals surface area contributed by atoms with Gasteiger partial charge >= 0.3 is 18.4 Å². The van der Waals surface area contributed by atoms with Gasteiger partial charge in [-0.3, -0.25) is 14.3 Å². The molecule has 0 unspecified atom stereocenters. The fourth-order valence-corrected chi connectivity index (χ4v) is 9.67. The number of carbonyl (C=O) groups is 4. The molecule has 5 aromatic rings. The molecule has 440 valence electrons. The van der Waals surface area contributed by atoms with E-state index >= 15 is 0 Å². The van der Waals surface area contributed by atoms with Crippen LogP contribution in [-0.4, -0.2) is 92.6 Å². The number of nitrogens with one attached hydrogen (secondary N) is 3. The molecule has 0 saturated heterocycles. The molecule has 3 aromatic carbocycles. The Morgan fingerprint density at radius 1 is 0.768 bits per heavy atom. The van der Waals surface area contributed by atoms with Gasteiger partial charge in [-0.15, -0.1) is 5.10 Å². The number of carboxylic acids is 1. The van der Waals surface area contributed by atoms with Crippen molar-refractivity contribution in [2.45, 2.75) is 142 Å². The van der Waals surface area contributed by atoms with Crippen molar-refractivity contribution in [2.75, 3.05) is 31.6 Å². The highest BCUT2D eigenvalue weighted by Crippen LogP contribution is 2.48.